The van der Waals surface area contributed by atoms with Crippen molar-refractivity contribution < 1.29 is 9.59 Å². The molecule has 0 unspecified atom stereocenters. The molecule has 2 amide bonds. The molecule has 2 heterocycles. The summed E-state index contributed by atoms with van der Waals surface area (Å²) < 4.78 is 0. The average Bonchev–Trinajstić information content (AvgIpc) is 3.55. The van der Waals surface area contributed by atoms with Crippen LogP contribution >= 0.6 is 22.7 Å². The molecule has 0 saturated carbocycles. The van der Waals surface area contributed by atoms with Gasteiger partial charge in [0.1, 0.15) is 10.0 Å². The van der Waals surface area contributed by atoms with Crippen molar-refractivity contribution in [3.63, 3.8) is 0 Å². The fourth-order valence-corrected chi connectivity index (χ4v) is 5.39. The number of carbonyl (C=O) groups excluding carboxylic acids is 2. The highest BCUT2D eigenvalue weighted by Crippen LogP contribution is 2.21. The molecule has 0 atom stereocenters. The second-order valence-corrected chi connectivity index (χ2v) is 10.8. The van der Waals surface area contributed by atoms with Gasteiger partial charge < -0.3 is 22.1 Å². The Hall–Kier alpha value is -3.58. The third-order valence-electron chi connectivity index (χ3n) is 5.64. The lowest BCUT2D eigenvalue weighted by molar-refractivity contribution is -0.116. The van der Waals surface area contributed by atoms with Gasteiger partial charge in [0, 0.05) is 25.9 Å². The van der Waals surface area contributed by atoms with Crippen molar-refractivity contribution in [2.75, 3.05) is 10.6 Å². The number of carbonyl (C=O) groups is 2. The van der Waals surface area contributed by atoms with Crippen LogP contribution in [0, 0.1) is 0 Å². The minimum absolute atomic E-state index is 0.134. The van der Waals surface area contributed by atoms with Gasteiger partial charge in [-0.25, -0.2) is 0 Å². The smallest absolute Gasteiger partial charge is 0.230 e. The predicted molar refractivity (Wildman–Crippen MR) is 150 cm³/mol. The zero-order chi connectivity index (χ0) is 26.7. The highest BCUT2D eigenvalue weighted by molar-refractivity contribution is 7.15. The van der Waals surface area contributed by atoms with Crippen LogP contribution in [0.5, 0.6) is 0 Å². The molecule has 0 saturated heterocycles. The van der Waals surface area contributed by atoms with Crippen molar-refractivity contribution in [2.45, 2.75) is 51.6 Å². The SMILES string of the molecule is NCc1cccc(CC(=O)Nc2nnc(CCCCc3nnc(NC(=O)Cc4cccc(CN)c4)s3)s2)c1. The van der Waals surface area contributed by atoms with Gasteiger partial charge in [-0.3, -0.25) is 9.59 Å². The van der Waals surface area contributed by atoms with Gasteiger partial charge in [-0.2, -0.15) is 0 Å². The molecule has 2 aromatic carbocycles. The van der Waals surface area contributed by atoms with Gasteiger partial charge in [-0.15, -0.1) is 20.4 Å². The number of amides is 2. The second-order valence-electron chi connectivity index (χ2n) is 8.71. The van der Waals surface area contributed by atoms with Crippen molar-refractivity contribution in [1.29, 1.82) is 0 Å². The van der Waals surface area contributed by atoms with E-state index in [0.717, 1.165) is 58.0 Å². The Morgan fingerprint density at radius 3 is 1.50 bits per heavy atom. The zero-order valence-corrected chi connectivity index (χ0v) is 22.5. The molecule has 10 nitrogen and oxygen atoms in total. The van der Waals surface area contributed by atoms with Crippen LogP contribution in [-0.2, 0) is 48.4 Å². The summed E-state index contributed by atoms with van der Waals surface area (Å²) in [5, 5.41) is 24.9. The van der Waals surface area contributed by atoms with Crippen LogP contribution in [0.3, 0.4) is 0 Å². The Kier molecular flexibility index (Phi) is 9.98. The number of nitrogens with zero attached hydrogens (tertiary/aromatic N) is 4. The maximum Gasteiger partial charge on any atom is 0.230 e. The first kappa shape index (κ1) is 27.5. The van der Waals surface area contributed by atoms with Gasteiger partial charge in [0.2, 0.25) is 22.1 Å². The van der Waals surface area contributed by atoms with E-state index in [0.29, 0.717) is 23.4 Å². The molecule has 198 valence electrons. The summed E-state index contributed by atoms with van der Waals surface area (Å²) in [6, 6.07) is 15.3. The van der Waals surface area contributed by atoms with E-state index in [4.69, 9.17) is 11.5 Å². The number of unbranched alkanes of at least 4 members (excludes halogenated alkanes) is 1. The minimum atomic E-state index is -0.134. The summed E-state index contributed by atoms with van der Waals surface area (Å²) >= 11 is 2.77. The monoisotopic (exact) mass is 550 g/mol. The van der Waals surface area contributed by atoms with E-state index in [1.54, 1.807) is 0 Å². The Balaban J connectivity index is 1.15. The standard InChI is InChI=1S/C26H30N8O2S2/c27-15-19-7-3-5-17(11-19)13-21(35)29-25-33-31-23(37-25)9-1-2-10-24-32-34-26(38-24)30-22(36)14-18-6-4-8-20(12-18)16-28/h3-8,11-12H,1-2,9-10,13-16,27-28H2,(H,29,33,35)(H,30,34,36). The minimum Gasteiger partial charge on any atom is -0.326 e. The maximum atomic E-state index is 12.3. The van der Waals surface area contributed by atoms with Crippen molar-refractivity contribution in [2.24, 2.45) is 11.5 Å². The Morgan fingerprint density at radius 2 is 1.08 bits per heavy atom. The molecule has 0 aliphatic rings. The molecule has 0 spiro atoms. The van der Waals surface area contributed by atoms with E-state index < -0.39 is 0 Å². The van der Waals surface area contributed by atoms with Crippen LogP contribution in [0.2, 0.25) is 0 Å². The fraction of sp³-hybridized carbons (Fsp3) is 0.308. The summed E-state index contributed by atoms with van der Waals surface area (Å²) in [6.45, 7) is 0.884. The van der Waals surface area contributed by atoms with Gasteiger partial charge in [-0.1, -0.05) is 71.2 Å². The lowest BCUT2D eigenvalue weighted by Gasteiger charge is -2.03. The van der Waals surface area contributed by atoms with E-state index in [1.807, 2.05) is 48.5 Å². The number of anilines is 2. The first-order valence-corrected chi connectivity index (χ1v) is 13.9. The summed E-state index contributed by atoms with van der Waals surface area (Å²) in [5.41, 5.74) is 15.1. The first-order valence-electron chi connectivity index (χ1n) is 12.3. The van der Waals surface area contributed by atoms with E-state index in [1.165, 1.54) is 22.7 Å². The third-order valence-corrected chi connectivity index (χ3v) is 7.44. The predicted octanol–water partition coefficient (Wildman–Crippen LogP) is 3.23. The molecule has 6 N–H and O–H groups in total. The zero-order valence-electron chi connectivity index (χ0n) is 20.9. The van der Waals surface area contributed by atoms with Crippen molar-refractivity contribution >= 4 is 44.8 Å². The molecular formula is C26H30N8O2S2. The number of nitrogens with two attached hydrogens (primary N) is 2. The molecule has 0 radical (unpaired) electrons. The fourth-order valence-electron chi connectivity index (χ4n) is 3.79. The van der Waals surface area contributed by atoms with Crippen LogP contribution in [0.1, 0.15) is 45.1 Å². The van der Waals surface area contributed by atoms with E-state index in [9.17, 15) is 9.59 Å². The Morgan fingerprint density at radius 1 is 0.658 bits per heavy atom. The van der Waals surface area contributed by atoms with E-state index in [-0.39, 0.29) is 24.7 Å². The van der Waals surface area contributed by atoms with Crippen LogP contribution < -0.4 is 22.1 Å². The van der Waals surface area contributed by atoms with Crippen LogP contribution in [0.25, 0.3) is 0 Å². The summed E-state index contributed by atoms with van der Waals surface area (Å²) in [6.07, 6.45) is 3.83. The number of aromatic nitrogens is 4. The van der Waals surface area contributed by atoms with E-state index >= 15 is 0 Å². The molecule has 4 rings (SSSR count). The summed E-state index contributed by atoms with van der Waals surface area (Å²) in [5.74, 6) is -0.268. The lowest BCUT2D eigenvalue weighted by Crippen LogP contribution is -2.14. The number of benzene rings is 2. The first-order chi connectivity index (χ1) is 18.5. The summed E-state index contributed by atoms with van der Waals surface area (Å²) in [7, 11) is 0. The van der Waals surface area contributed by atoms with Gasteiger partial charge in [0.05, 0.1) is 12.8 Å². The molecule has 0 aliphatic carbocycles. The molecule has 0 aliphatic heterocycles. The highest BCUT2D eigenvalue weighted by Gasteiger charge is 2.11. The van der Waals surface area contributed by atoms with Gasteiger partial charge in [0.15, 0.2) is 0 Å². The van der Waals surface area contributed by atoms with Gasteiger partial charge in [0.25, 0.3) is 0 Å². The third kappa shape index (κ3) is 8.48. The van der Waals surface area contributed by atoms with Crippen LogP contribution in [-0.4, -0.2) is 32.2 Å². The Bertz CT molecular complexity index is 1270. The van der Waals surface area contributed by atoms with E-state index in [2.05, 4.69) is 31.0 Å². The number of nitrogens with one attached hydrogen (secondary N) is 2. The molecule has 2 aromatic heterocycles. The molecule has 0 bridgehead atoms. The van der Waals surface area contributed by atoms with Gasteiger partial charge in [-0.05, 0) is 35.1 Å². The number of hydrogen-bond acceptors (Lipinski definition) is 10. The second kappa shape index (κ2) is 13.8. The molecule has 4 aromatic rings. The van der Waals surface area contributed by atoms with Crippen molar-refractivity contribution in [1.82, 2.24) is 20.4 Å². The lowest BCUT2D eigenvalue weighted by atomic mass is 10.1. The normalized spacial score (nSPS) is 10.9. The number of rotatable bonds is 13. The Labute approximate surface area is 228 Å². The number of hydrogen-bond donors (Lipinski definition) is 4. The molecular weight excluding hydrogens is 520 g/mol. The quantitative estimate of drug-likeness (QED) is 0.184. The summed E-state index contributed by atoms with van der Waals surface area (Å²) in [4.78, 5) is 24.7. The maximum absolute atomic E-state index is 12.3. The highest BCUT2D eigenvalue weighted by atomic mass is 32.1. The molecule has 12 heteroatoms. The van der Waals surface area contributed by atoms with Crippen LogP contribution in [0.15, 0.2) is 48.5 Å². The molecule has 38 heavy (non-hydrogen) atoms. The van der Waals surface area contributed by atoms with Gasteiger partial charge >= 0.3 is 0 Å². The largest absolute Gasteiger partial charge is 0.326 e. The number of aryl methyl sites for hydroxylation is 2. The van der Waals surface area contributed by atoms with Crippen molar-refractivity contribution in [3.05, 3.63) is 80.8 Å². The van der Waals surface area contributed by atoms with Crippen LogP contribution in [0.4, 0.5) is 10.3 Å². The van der Waals surface area contributed by atoms with Crippen molar-refractivity contribution in [3.8, 4) is 0 Å². The average molecular weight is 551 g/mol. The topological polar surface area (TPSA) is 162 Å². The molecule has 0 fully saturated rings.